The van der Waals surface area contributed by atoms with E-state index in [1.54, 1.807) is 6.07 Å². The predicted molar refractivity (Wildman–Crippen MR) is 129 cm³/mol. The van der Waals surface area contributed by atoms with Crippen LogP contribution in [0, 0.1) is 11.6 Å². The number of hydrogen-bond donors (Lipinski definition) is 1. The lowest BCUT2D eigenvalue weighted by atomic mass is 9.96. The second-order valence-corrected chi connectivity index (χ2v) is 9.61. The van der Waals surface area contributed by atoms with Gasteiger partial charge in [-0.05, 0) is 43.2 Å². The van der Waals surface area contributed by atoms with Crippen molar-refractivity contribution >= 4 is 17.7 Å². The maximum atomic E-state index is 14.2. The first-order chi connectivity index (χ1) is 17.9. The molecule has 3 saturated heterocycles. The van der Waals surface area contributed by atoms with Gasteiger partial charge in [-0.2, -0.15) is 0 Å². The van der Waals surface area contributed by atoms with Crippen molar-refractivity contribution < 1.29 is 32.6 Å². The molecule has 37 heavy (non-hydrogen) atoms. The number of nitrogens with zero attached hydrogens (tertiary/aromatic N) is 2. The van der Waals surface area contributed by atoms with Crippen molar-refractivity contribution in [3.8, 4) is 0 Å². The highest BCUT2D eigenvalue weighted by molar-refractivity contribution is 5.98. The Hall–Kier alpha value is -3.37. The highest BCUT2D eigenvalue weighted by Gasteiger charge is 2.54. The van der Waals surface area contributed by atoms with Crippen molar-refractivity contribution in [1.29, 1.82) is 0 Å². The van der Waals surface area contributed by atoms with Gasteiger partial charge in [-0.1, -0.05) is 18.2 Å². The van der Waals surface area contributed by atoms with Gasteiger partial charge in [-0.25, -0.2) is 8.78 Å². The fourth-order valence-electron chi connectivity index (χ4n) is 5.33. The topological polar surface area (TPSA) is 88.2 Å². The molecule has 2 aromatic rings. The van der Waals surface area contributed by atoms with E-state index in [9.17, 15) is 23.2 Å². The summed E-state index contributed by atoms with van der Waals surface area (Å²) in [4.78, 5) is 42.7. The molecule has 3 amide bonds. The molecule has 5 rings (SSSR count). The summed E-state index contributed by atoms with van der Waals surface area (Å²) in [6.07, 6.45) is 2.17. The van der Waals surface area contributed by atoms with Crippen molar-refractivity contribution in [2.24, 2.45) is 0 Å². The van der Waals surface area contributed by atoms with Gasteiger partial charge in [-0.3, -0.25) is 19.3 Å². The first kappa shape index (κ1) is 25.3. The molecule has 2 unspecified atom stereocenters. The molecule has 0 saturated carbocycles. The monoisotopic (exact) mass is 513 g/mol. The maximum Gasteiger partial charge on any atom is 0.256 e. The van der Waals surface area contributed by atoms with E-state index in [-0.39, 0.29) is 55.7 Å². The minimum Gasteiger partial charge on any atom is -0.376 e. The van der Waals surface area contributed by atoms with Gasteiger partial charge in [-0.15, -0.1) is 0 Å². The number of amides is 3. The van der Waals surface area contributed by atoms with Crippen LogP contribution in [0.1, 0.15) is 46.4 Å². The number of halogens is 2. The molecule has 3 aliphatic heterocycles. The van der Waals surface area contributed by atoms with E-state index in [0.717, 1.165) is 18.9 Å². The lowest BCUT2D eigenvalue weighted by molar-refractivity contribution is -0.128. The third-order valence-electron chi connectivity index (χ3n) is 7.32. The van der Waals surface area contributed by atoms with Crippen molar-refractivity contribution in [2.75, 3.05) is 32.8 Å². The molecule has 0 aromatic heterocycles. The molecule has 0 bridgehead atoms. The summed E-state index contributed by atoms with van der Waals surface area (Å²) < 4.78 is 39.9. The Morgan fingerprint density at radius 2 is 1.81 bits per heavy atom. The summed E-state index contributed by atoms with van der Waals surface area (Å²) in [6, 6.07) is 10.2. The van der Waals surface area contributed by atoms with Gasteiger partial charge >= 0.3 is 0 Å². The molecule has 3 aliphatic rings. The molecule has 3 fully saturated rings. The maximum absolute atomic E-state index is 14.2. The number of likely N-dealkylation sites (tertiary alicyclic amines) is 1. The lowest BCUT2D eigenvalue weighted by Crippen LogP contribution is -2.60. The Morgan fingerprint density at radius 1 is 1.03 bits per heavy atom. The molecular weight excluding hydrogens is 484 g/mol. The van der Waals surface area contributed by atoms with E-state index in [2.05, 4.69) is 5.32 Å². The van der Waals surface area contributed by atoms with E-state index in [1.807, 2.05) is 0 Å². The second kappa shape index (κ2) is 10.5. The van der Waals surface area contributed by atoms with Crippen LogP contribution in [-0.4, -0.2) is 78.2 Å². The Balaban J connectivity index is 1.36. The fraction of sp³-hybridized carbons (Fsp3) is 0.444. The number of nitrogens with one attached hydrogen (secondary N) is 1. The summed E-state index contributed by atoms with van der Waals surface area (Å²) in [5.74, 6) is -2.51. The molecule has 10 heteroatoms. The molecular formula is C27H29F2N3O5. The zero-order chi connectivity index (χ0) is 26.0. The van der Waals surface area contributed by atoms with E-state index < -0.39 is 35.2 Å². The predicted octanol–water partition coefficient (Wildman–Crippen LogP) is 2.73. The highest BCUT2D eigenvalue weighted by Crippen LogP contribution is 2.39. The zero-order valence-electron chi connectivity index (χ0n) is 20.3. The highest BCUT2D eigenvalue weighted by atomic mass is 19.1. The summed E-state index contributed by atoms with van der Waals surface area (Å²) in [5.41, 5.74) is -1.07. The average molecular weight is 514 g/mol. The zero-order valence-corrected chi connectivity index (χ0v) is 20.3. The van der Waals surface area contributed by atoms with Gasteiger partial charge in [0.25, 0.3) is 11.8 Å². The number of carbonyl (C=O) groups excluding carboxylic acids is 3. The molecule has 8 nitrogen and oxygen atoms in total. The van der Waals surface area contributed by atoms with Gasteiger partial charge in [0.1, 0.15) is 23.4 Å². The number of rotatable bonds is 5. The molecule has 0 aliphatic carbocycles. The van der Waals surface area contributed by atoms with Crippen LogP contribution < -0.4 is 5.32 Å². The lowest BCUT2D eigenvalue weighted by Gasteiger charge is -2.44. The van der Waals surface area contributed by atoms with Crippen LogP contribution in [0.5, 0.6) is 0 Å². The van der Waals surface area contributed by atoms with Gasteiger partial charge in [0, 0.05) is 44.6 Å². The van der Waals surface area contributed by atoms with Crippen molar-refractivity contribution in [2.45, 2.75) is 43.6 Å². The molecule has 3 heterocycles. The second-order valence-electron chi connectivity index (χ2n) is 9.61. The molecule has 1 N–H and O–H groups in total. The first-order valence-electron chi connectivity index (χ1n) is 12.5. The normalized spacial score (nSPS) is 22.9. The smallest absolute Gasteiger partial charge is 0.256 e. The number of benzene rings is 2. The number of piperidine rings is 1. The minimum absolute atomic E-state index is 0.0233. The molecule has 1 spiro atoms. The van der Waals surface area contributed by atoms with Crippen molar-refractivity contribution in [3.63, 3.8) is 0 Å². The minimum atomic E-state index is -1.15. The molecule has 2 aromatic carbocycles. The SMILES string of the molecule is O=C(NCC1CCCO1)C1COC2(CCN(C(=O)c3ccccc3F)CC2)N1C(=O)c1cccc(F)c1. The third-order valence-corrected chi connectivity index (χ3v) is 7.32. The summed E-state index contributed by atoms with van der Waals surface area (Å²) >= 11 is 0. The number of carbonyl (C=O) groups is 3. The van der Waals surface area contributed by atoms with E-state index in [0.29, 0.717) is 13.2 Å². The summed E-state index contributed by atoms with van der Waals surface area (Å²) in [7, 11) is 0. The standard InChI is InChI=1S/C27H29F2N3O5/c28-19-6-3-5-18(15-19)25(34)32-23(24(33)30-16-20-7-4-14-36-20)17-37-27(32)10-12-31(13-11-27)26(35)21-8-1-2-9-22(21)29/h1-3,5-6,8-9,15,20,23H,4,7,10-14,16-17H2,(H,30,33). The van der Waals surface area contributed by atoms with Crippen LogP contribution >= 0.6 is 0 Å². The van der Waals surface area contributed by atoms with E-state index >= 15 is 0 Å². The molecule has 0 radical (unpaired) electrons. The van der Waals surface area contributed by atoms with E-state index in [4.69, 9.17) is 9.47 Å². The van der Waals surface area contributed by atoms with Crippen LogP contribution in [0.2, 0.25) is 0 Å². The number of hydrogen-bond acceptors (Lipinski definition) is 5. The van der Waals surface area contributed by atoms with Crippen LogP contribution in [0.3, 0.4) is 0 Å². The van der Waals surface area contributed by atoms with Crippen LogP contribution in [0.15, 0.2) is 48.5 Å². The summed E-state index contributed by atoms with van der Waals surface area (Å²) in [5, 5.41) is 2.87. The summed E-state index contributed by atoms with van der Waals surface area (Å²) in [6.45, 7) is 1.35. The number of ether oxygens (including phenoxy) is 2. The Labute approximate surface area is 213 Å². The Morgan fingerprint density at radius 3 is 2.51 bits per heavy atom. The molecule has 196 valence electrons. The van der Waals surface area contributed by atoms with Crippen molar-refractivity contribution in [3.05, 3.63) is 71.3 Å². The van der Waals surface area contributed by atoms with E-state index in [1.165, 1.54) is 46.2 Å². The van der Waals surface area contributed by atoms with Crippen LogP contribution in [-0.2, 0) is 14.3 Å². The Bertz CT molecular complexity index is 1180. The third kappa shape index (κ3) is 5.08. The molecule has 2 atom stereocenters. The quantitative estimate of drug-likeness (QED) is 0.665. The van der Waals surface area contributed by atoms with Crippen molar-refractivity contribution in [1.82, 2.24) is 15.1 Å². The van der Waals surface area contributed by atoms with Crippen LogP contribution in [0.25, 0.3) is 0 Å². The van der Waals surface area contributed by atoms with Crippen LogP contribution in [0.4, 0.5) is 8.78 Å². The van der Waals surface area contributed by atoms with Gasteiger partial charge in [0.2, 0.25) is 5.91 Å². The van der Waals surface area contributed by atoms with Gasteiger partial charge in [0.15, 0.2) is 0 Å². The van der Waals surface area contributed by atoms with Gasteiger partial charge in [0.05, 0.1) is 18.3 Å². The van der Waals surface area contributed by atoms with Gasteiger partial charge < -0.3 is 19.7 Å². The fourth-order valence-corrected chi connectivity index (χ4v) is 5.33. The Kier molecular flexibility index (Phi) is 7.21. The largest absolute Gasteiger partial charge is 0.376 e. The average Bonchev–Trinajstić information content (AvgIpc) is 3.56. The first-order valence-corrected chi connectivity index (χ1v) is 12.5.